The van der Waals surface area contributed by atoms with Crippen molar-refractivity contribution in [3.63, 3.8) is 0 Å². The average Bonchev–Trinajstić information content (AvgIpc) is 3.46. The van der Waals surface area contributed by atoms with Crippen molar-refractivity contribution < 1.29 is 13.7 Å². The molecule has 0 aliphatic carbocycles. The van der Waals surface area contributed by atoms with Crippen molar-refractivity contribution in [2.24, 2.45) is 0 Å². The van der Waals surface area contributed by atoms with Crippen molar-refractivity contribution >= 4 is 16.7 Å². The van der Waals surface area contributed by atoms with Gasteiger partial charge in [0.25, 0.3) is 5.89 Å². The molecule has 2 saturated heterocycles. The summed E-state index contributed by atoms with van der Waals surface area (Å²) in [7, 11) is 0. The number of nitrogens with zero attached hydrogens (tertiary/aromatic N) is 4. The van der Waals surface area contributed by atoms with E-state index in [2.05, 4.69) is 27.3 Å². The molecule has 2 aliphatic rings. The van der Waals surface area contributed by atoms with Crippen LogP contribution in [0.2, 0.25) is 0 Å². The van der Waals surface area contributed by atoms with Crippen LogP contribution in [0.25, 0.3) is 22.4 Å². The van der Waals surface area contributed by atoms with Crippen molar-refractivity contribution in [1.29, 1.82) is 0 Å². The summed E-state index contributed by atoms with van der Waals surface area (Å²) in [4.78, 5) is 11.7. The van der Waals surface area contributed by atoms with Gasteiger partial charge in [0.1, 0.15) is 17.2 Å². The van der Waals surface area contributed by atoms with Gasteiger partial charge < -0.3 is 19.5 Å². The summed E-state index contributed by atoms with van der Waals surface area (Å²) in [6, 6.07) is 4.72. The maximum absolute atomic E-state index is 15.1. The molecule has 7 nitrogen and oxygen atoms in total. The van der Waals surface area contributed by atoms with Gasteiger partial charge in [-0.15, -0.1) is 0 Å². The van der Waals surface area contributed by atoms with Crippen molar-refractivity contribution in [2.75, 3.05) is 24.7 Å². The highest BCUT2D eigenvalue weighted by Gasteiger charge is 2.32. The Morgan fingerprint density at radius 2 is 2.03 bits per heavy atom. The third-order valence-corrected chi connectivity index (χ3v) is 7.04. The molecular formula is C25H32FN5O2. The molecule has 0 bridgehead atoms. The lowest BCUT2D eigenvalue weighted by atomic mass is 9.95. The lowest BCUT2D eigenvalue weighted by molar-refractivity contribution is 0.185. The van der Waals surface area contributed by atoms with Gasteiger partial charge in [0, 0.05) is 36.7 Å². The quantitative estimate of drug-likeness (QED) is 0.616. The second-order valence-electron chi connectivity index (χ2n) is 9.40. The van der Waals surface area contributed by atoms with E-state index in [1.165, 1.54) is 0 Å². The molecule has 176 valence electrons. The lowest BCUT2D eigenvalue weighted by Gasteiger charge is -2.40. The smallest absolute Gasteiger partial charge is 0.261 e. The Morgan fingerprint density at radius 1 is 1.18 bits per heavy atom. The highest BCUT2D eigenvalue weighted by Crippen LogP contribution is 2.39. The Hall–Kier alpha value is -2.58. The van der Waals surface area contributed by atoms with Crippen LogP contribution in [-0.4, -0.2) is 53.0 Å². The van der Waals surface area contributed by atoms with Crippen LogP contribution in [0.15, 0.2) is 16.7 Å². The monoisotopic (exact) mass is 453 g/mol. The topological polar surface area (TPSA) is 76.3 Å². The standard InChI is InChI=1S/C25H32FN5O2/c1-5-17-11-20-15(3)22(25-27-16(4)30-33-25)24(29-23(20)21(26)12-17)31-8-6-18(10-14(31)2)28-19-7-9-32-13-19/h11-12,14,18-19,28H,5-10,13H2,1-4H3/t14-,18+,19+/m0/s1. The number of piperidine rings is 1. The van der Waals surface area contributed by atoms with E-state index in [1.807, 2.05) is 19.9 Å². The first-order chi connectivity index (χ1) is 15.9. The van der Waals surface area contributed by atoms with Crippen molar-refractivity contribution in [1.82, 2.24) is 20.4 Å². The van der Waals surface area contributed by atoms with Crippen LogP contribution < -0.4 is 10.2 Å². The minimum Gasteiger partial charge on any atom is -0.380 e. The predicted octanol–water partition coefficient (Wildman–Crippen LogP) is 4.34. The van der Waals surface area contributed by atoms with Gasteiger partial charge in [-0.2, -0.15) is 4.98 Å². The molecule has 0 saturated carbocycles. The van der Waals surface area contributed by atoms with Crippen molar-refractivity contribution in [3.8, 4) is 11.5 Å². The van der Waals surface area contributed by atoms with E-state index in [0.29, 0.717) is 29.3 Å². The van der Waals surface area contributed by atoms with Gasteiger partial charge in [-0.1, -0.05) is 12.1 Å². The predicted molar refractivity (Wildman–Crippen MR) is 126 cm³/mol. The molecule has 8 heteroatoms. The van der Waals surface area contributed by atoms with Crippen molar-refractivity contribution in [3.05, 3.63) is 34.9 Å². The molecule has 5 rings (SSSR count). The number of hydrogen-bond acceptors (Lipinski definition) is 7. The van der Waals surface area contributed by atoms with Crippen LogP contribution in [0.4, 0.5) is 10.2 Å². The lowest BCUT2D eigenvalue weighted by Crippen LogP contribution is -2.50. The molecule has 2 aliphatic heterocycles. The summed E-state index contributed by atoms with van der Waals surface area (Å²) in [5, 5.41) is 8.57. The van der Waals surface area contributed by atoms with E-state index in [0.717, 1.165) is 73.3 Å². The van der Waals surface area contributed by atoms with Crippen LogP contribution in [0.5, 0.6) is 0 Å². The number of rotatable bonds is 5. The van der Waals surface area contributed by atoms with Gasteiger partial charge in [0.05, 0.1) is 12.2 Å². The number of hydrogen-bond donors (Lipinski definition) is 1. The zero-order valence-corrected chi connectivity index (χ0v) is 19.8. The number of nitrogens with one attached hydrogen (secondary N) is 1. The van der Waals surface area contributed by atoms with Gasteiger partial charge in [-0.3, -0.25) is 0 Å². The first-order valence-electron chi connectivity index (χ1n) is 12.0. The number of ether oxygens (including phenoxy) is 1. The Labute approximate surface area is 193 Å². The van der Waals surface area contributed by atoms with Gasteiger partial charge in [-0.05, 0) is 69.7 Å². The molecule has 0 spiro atoms. The van der Waals surface area contributed by atoms with Gasteiger partial charge in [0.2, 0.25) is 0 Å². The maximum Gasteiger partial charge on any atom is 0.261 e. The van der Waals surface area contributed by atoms with Gasteiger partial charge >= 0.3 is 0 Å². The van der Waals surface area contributed by atoms with Gasteiger partial charge in [0.15, 0.2) is 5.82 Å². The third kappa shape index (κ3) is 4.22. The summed E-state index contributed by atoms with van der Waals surface area (Å²) in [6.45, 7) is 10.5. The number of aryl methyl sites for hydroxylation is 3. The molecule has 1 N–H and O–H groups in total. The van der Waals surface area contributed by atoms with E-state index in [1.54, 1.807) is 13.0 Å². The van der Waals surface area contributed by atoms with Crippen LogP contribution in [0, 0.1) is 19.7 Å². The number of aromatic nitrogens is 3. The highest BCUT2D eigenvalue weighted by molar-refractivity contribution is 5.93. The number of benzene rings is 1. The zero-order valence-electron chi connectivity index (χ0n) is 19.8. The third-order valence-electron chi connectivity index (χ3n) is 7.04. The average molecular weight is 454 g/mol. The molecule has 4 heterocycles. The van der Waals surface area contributed by atoms with E-state index in [4.69, 9.17) is 14.2 Å². The molecule has 3 aromatic rings. The van der Waals surface area contributed by atoms with Crippen LogP contribution in [-0.2, 0) is 11.2 Å². The summed E-state index contributed by atoms with van der Waals surface area (Å²) in [6.07, 6.45) is 3.79. The molecule has 0 radical (unpaired) electrons. The Balaban J connectivity index is 1.56. The first-order valence-corrected chi connectivity index (χ1v) is 12.0. The number of halogens is 1. The highest BCUT2D eigenvalue weighted by atomic mass is 19.1. The Morgan fingerprint density at radius 3 is 2.70 bits per heavy atom. The normalized spacial score (nSPS) is 23.5. The van der Waals surface area contributed by atoms with Crippen LogP contribution in [0.1, 0.15) is 50.1 Å². The number of fused-ring (bicyclic) bond motifs is 1. The zero-order chi connectivity index (χ0) is 23.1. The number of pyridine rings is 1. The first kappa shape index (κ1) is 22.2. The van der Waals surface area contributed by atoms with E-state index < -0.39 is 0 Å². The summed E-state index contributed by atoms with van der Waals surface area (Å²) >= 11 is 0. The van der Waals surface area contributed by atoms with E-state index in [9.17, 15) is 0 Å². The SMILES string of the molecule is CCc1cc(F)c2nc(N3CC[C@@H](N[C@@H]4CCOC4)C[C@@H]3C)c(-c3nc(C)no3)c(C)c2c1. The maximum atomic E-state index is 15.1. The molecule has 33 heavy (non-hydrogen) atoms. The molecule has 0 unspecified atom stereocenters. The van der Waals surface area contributed by atoms with E-state index in [-0.39, 0.29) is 11.9 Å². The number of anilines is 1. The minimum atomic E-state index is -0.285. The van der Waals surface area contributed by atoms with Crippen LogP contribution >= 0.6 is 0 Å². The Kier molecular flexibility index (Phi) is 6.05. The fraction of sp³-hybridized carbons (Fsp3) is 0.560. The largest absolute Gasteiger partial charge is 0.380 e. The molecule has 2 aromatic heterocycles. The fourth-order valence-corrected chi connectivity index (χ4v) is 5.22. The molecule has 2 fully saturated rings. The molecule has 1 aromatic carbocycles. The minimum absolute atomic E-state index is 0.226. The Bertz CT molecular complexity index is 1160. The summed E-state index contributed by atoms with van der Waals surface area (Å²) in [5.74, 6) is 1.44. The summed E-state index contributed by atoms with van der Waals surface area (Å²) < 4.78 is 26.2. The molecular weight excluding hydrogens is 421 g/mol. The van der Waals surface area contributed by atoms with E-state index >= 15 is 4.39 Å². The van der Waals surface area contributed by atoms with Crippen LogP contribution in [0.3, 0.4) is 0 Å². The van der Waals surface area contributed by atoms with Gasteiger partial charge in [-0.25, -0.2) is 9.37 Å². The second-order valence-corrected chi connectivity index (χ2v) is 9.40. The van der Waals surface area contributed by atoms with Crippen molar-refractivity contribution in [2.45, 2.75) is 71.5 Å². The second kappa shape index (κ2) is 8.99. The summed E-state index contributed by atoms with van der Waals surface area (Å²) in [5.41, 5.74) is 3.07. The molecule has 3 atom stereocenters. The fourth-order valence-electron chi connectivity index (χ4n) is 5.22. The molecule has 0 amide bonds.